The highest BCUT2D eigenvalue weighted by Crippen LogP contribution is 2.67. The van der Waals surface area contributed by atoms with Crippen molar-refractivity contribution in [2.45, 2.75) is 19.9 Å². The van der Waals surface area contributed by atoms with Crippen LogP contribution in [0.15, 0.2) is 33.2 Å². The molecule has 4 atom stereocenters. The molecule has 0 heterocycles. The zero-order valence-corrected chi connectivity index (χ0v) is 16.4. The highest BCUT2D eigenvalue weighted by atomic mass is 79.9. The van der Waals surface area contributed by atoms with Crippen LogP contribution in [0.25, 0.3) is 0 Å². The molecule has 0 radical (unpaired) electrons. The summed E-state index contributed by atoms with van der Waals surface area (Å²) in [6, 6.07) is 8.61. The second kappa shape index (κ2) is 4.44. The molecule has 0 saturated carbocycles. The van der Waals surface area contributed by atoms with Gasteiger partial charge in [-0.3, -0.25) is 0 Å². The van der Waals surface area contributed by atoms with Crippen LogP contribution in [0.2, 0.25) is 0 Å². The van der Waals surface area contributed by atoms with Gasteiger partial charge in [0.05, 0.1) is 9.15 Å². The van der Waals surface area contributed by atoms with Crippen molar-refractivity contribution < 1.29 is 0 Å². The lowest BCUT2D eigenvalue weighted by molar-refractivity contribution is 0.623. The van der Waals surface area contributed by atoms with Crippen molar-refractivity contribution >= 4 is 79.6 Å². The van der Waals surface area contributed by atoms with Crippen LogP contribution >= 0.6 is 79.6 Å². The fourth-order valence-electron chi connectivity index (χ4n) is 2.61. The first-order valence-electron chi connectivity index (χ1n) is 5.11. The summed E-state index contributed by atoms with van der Waals surface area (Å²) in [5.41, 5.74) is 2.74. The molecule has 3 rings (SSSR count). The van der Waals surface area contributed by atoms with E-state index in [1.807, 2.05) is 0 Å². The van der Waals surface area contributed by atoms with Gasteiger partial charge < -0.3 is 0 Å². The van der Waals surface area contributed by atoms with Crippen LogP contribution in [0, 0.1) is 0 Å². The van der Waals surface area contributed by atoms with Gasteiger partial charge in [-0.25, -0.2) is 0 Å². The monoisotopic (exact) mass is 546 g/mol. The Balaban J connectivity index is 2.32. The lowest BCUT2D eigenvalue weighted by Gasteiger charge is -2.40. The Morgan fingerprint density at radius 3 is 2.24 bits per heavy atom. The van der Waals surface area contributed by atoms with Crippen LogP contribution in [-0.4, -0.2) is 9.15 Å². The molecule has 0 unspecified atom stereocenters. The fraction of sp³-hybridized carbons (Fsp3) is 0.333. The van der Waals surface area contributed by atoms with E-state index in [-0.39, 0.29) is 9.15 Å². The molecule has 0 aliphatic heterocycles. The highest BCUT2D eigenvalue weighted by Gasteiger charge is 2.58. The third-order valence-corrected chi connectivity index (χ3v) is 11.6. The summed E-state index contributed by atoms with van der Waals surface area (Å²) < 4.78 is 2.30. The Bertz CT molecular complexity index is 523. The van der Waals surface area contributed by atoms with E-state index in [2.05, 4.69) is 104 Å². The standard InChI is InChI=1S/C12H7Br5/c13-8-7-5-3-1-2-4-6(5)9(14)12(17,10(7)15)11(8)16/h1-4,7,9-10H/t7-,9+,10+,12+/m1/s1. The average Bonchev–Trinajstić information content (AvgIpc) is 2.47. The molecule has 0 fully saturated rings. The third kappa shape index (κ3) is 1.61. The Morgan fingerprint density at radius 2 is 1.59 bits per heavy atom. The zero-order chi connectivity index (χ0) is 12.4. The maximum Gasteiger partial charge on any atom is 0.0878 e. The second-order valence-electron chi connectivity index (χ2n) is 4.30. The number of hydrogen-bond acceptors (Lipinski definition) is 0. The lowest BCUT2D eigenvalue weighted by atomic mass is 9.81. The van der Waals surface area contributed by atoms with Gasteiger partial charge in [0, 0.05) is 19.7 Å². The summed E-state index contributed by atoms with van der Waals surface area (Å²) in [6.45, 7) is 0. The minimum atomic E-state index is -0.120. The van der Waals surface area contributed by atoms with Gasteiger partial charge in [0.1, 0.15) is 0 Å². The van der Waals surface area contributed by atoms with E-state index in [9.17, 15) is 0 Å². The van der Waals surface area contributed by atoms with E-state index >= 15 is 0 Å². The van der Waals surface area contributed by atoms with Crippen LogP contribution in [-0.2, 0) is 0 Å². The van der Waals surface area contributed by atoms with Crippen molar-refractivity contribution in [2.75, 3.05) is 0 Å². The van der Waals surface area contributed by atoms with Gasteiger partial charge in [0.15, 0.2) is 0 Å². The lowest BCUT2D eigenvalue weighted by Crippen LogP contribution is -2.39. The third-order valence-electron chi connectivity index (χ3n) is 3.49. The molecule has 5 heteroatoms. The maximum atomic E-state index is 3.91. The van der Waals surface area contributed by atoms with Crippen molar-refractivity contribution in [3.05, 3.63) is 44.4 Å². The largest absolute Gasteiger partial charge is 0.0878 e. The van der Waals surface area contributed by atoms with E-state index in [1.165, 1.54) is 20.1 Å². The molecule has 0 nitrogen and oxygen atoms in total. The molecule has 1 aromatic carbocycles. The molecule has 90 valence electrons. The molecule has 2 aliphatic carbocycles. The molecule has 0 spiro atoms. The van der Waals surface area contributed by atoms with Gasteiger partial charge in [-0.2, -0.15) is 0 Å². The van der Waals surface area contributed by atoms with Gasteiger partial charge in [0.25, 0.3) is 0 Å². The Labute approximate surface area is 142 Å². The van der Waals surface area contributed by atoms with Crippen molar-refractivity contribution in [3.8, 4) is 0 Å². The Morgan fingerprint density at radius 1 is 1.00 bits per heavy atom. The van der Waals surface area contributed by atoms with E-state index < -0.39 is 0 Å². The summed E-state index contributed by atoms with van der Waals surface area (Å²) in [5, 5.41) is 0. The van der Waals surface area contributed by atoms with Crippen molar-refractivity contribution in [2.24, 2.45) is 0 Å². The molecule has 0 amide bonds. The molecular weight excluding hydrogens is 544 g/mol. The number of allylic oxidation sites excluding steroid dienone is 2. The number of fused-ring (bicyclic) bond motifs is 4. The normalized spacial score (nSPS) is 39.5. The first-order valence-corrected chi connectivity index (χ1v) is 9.32. The minimum Gasteiger partial charge on any atom is -0.0860 e. The van der Waals surface area contributed by atoms with E-state index in [0.717, 1.165) is 0 Å². The van der Waals surface area contributed by atoms with E-state index in [0.29, 0.717) is 10.7 Å². The Kier molecular flexibility index (Phi) is 3.48. The molecule has 17 heavy (non-hydrogen) atoms. The summed E-state index contributed by atoms with van der Waals surface area (Å²) in [7, 11) is 0. The van der Waals surface area contributed by atoms with Gasteiger partial charge >= 0.3 is 0 Å². The smallest absolute Gasteiger partial charge is 0.0860 e. The SMILES string of the molecule is BrC1=C(Br)[C@]2(Br)[C@@H](Br)c3ccccc3[C@H]1[C@@H]2Br. The first-order chi connectivity index (χ1) is 7.99. The minimum absolute atomic E-state index is 0.120. The van der Waals surface area contributed by atoms with Crippen molar-refractivity contribution in [1.29, 1.82) is 0 Å². The topological polar surface area (TPSA) is 0 Å². The molecular formula is C12H7Br5. The van der Waals surface area contributed by atoms with Gasteiger partial charge in [-0.15, -0.1) is 0 Å². The summed E-state index contributed by atoms with van der Waals surface area (Å²) in [6.07, 6.45) is 0. The quantitative estimate of drug-likeness (QED) is 0.341. The van der Waals surface area contributed by atoms with Crippen molar-refractivity contribution in [3.63, 3.8) is 0 Å². The zero-order valence-electron chi connectivity index (χ0n) is 8.43. The molecule has 0 saturated heterocycles. The predicted octanol–water partition coefficient (Wildman–Crippen LogP) is 6.13. The average molecular weight is 551 g/mol. The fourth-order valence-corrected chi connectivity index (χ4v) is 8.46. The van der Waals surface area contributed by atoms with Gasteiger partial charge in [0.2, 0.25) is 0 Å². The first kappa shape index (κ1) is 13.3. The molecule has 2 bridgehead atoms. The molecule has 0 aromatic heterocycles. The number of benzene rings is 1. The number of alkyl halides is 3. The highest BCUT2D eigenvalue weighted by molar-refractivity contribution is 9.17. The second-order valence-corrected chi connectivity index (χ2v) is 9.16. The van der Waals surface area contributed by atoms with Crippen LogP contribution in [0.3, 0.4) is 0 Å². The van der Waals surface area contributed by atoms with Crippen LogP contribution < -0.4 is 0 Å². The number of halogens is 5. The summed E-state index contributed by atoms with van der Waals surface area (Å²) >= 11 is 19.1. The Hall–Kier alpha value is 1.36. The van der Waals surface area contributed by atoms with Gasteiger partial charge in [-0.05, 0) is 11.1 Å². The molecule has 1 aromatic rings. The van der Waals surface area contributed by atoms with Crippen molar-refractivity contribution in [1.82, 2.24) is 0 Å². The number of rotatable bonds is 0. The number of hydrogen-bond donors (Lipinski definition) is 0. The summed E-state index contributed by atoms with van der Waals surface area (Å²) in [5.74, 6) is 0.369. The predicted molar refractivity (Wildman–Crippen MR) is 90.1 cm³/mol. The molecule has 0 N–H and O–H groups in total. The van der Waals surface area contributed by atoms with E-state index in [4.69, 9.17) is 0 Å². The van der Waals surface area contributed by atoms with E-state index in [1.54, 1.807) is 0 Å². The molecule has 2 aliphatic rings. The maximum absolute atomic E-state index is 3.91. The van der Waals surface area contributed by atoms with Gasteiger partial charge in [-0.1, -0.05) is 104 Å². The van der Waals surface area contributed by atoms with Crippen LogP contribution in [0.1, 0.15) is 21.9 Å². The van der Waals surface area contributed by atoms with Crippen LogP contribution in [0.4, 0.5) is 0 Å². The van der Waals surface area contributed by atoms with Crippen LogP contribution in [0.5, 0.6) is 0 Å². The summed E-state index contributed by atoms with van der Waals surface area (Å²) in [4.78, 5) is 0.578.